The van der Waals surface area contributed by atoms with E-state index >= 15 is 0 Å². The van der Waals surface area contributed by atoms with Gasteiger partial charge in [0.15, 0.2) is 12.6 Å². The molecule has 2 N–H and O–H groups in total. The van der Waals surface area contributed by atoms with E-state index in [9.17, 15) is 0 Å². The first-order chi connectivity index (χ1) is 9.67. The van der Waals surface area contributed by atoms with Crippen LogP contribution in [0.4, 0.5) is 0 Å². The summed E-state index contributed by atoms with van der Waals surface area (Å²) in [6.07, 6.45) is 3.16. The van der Waals surface area contributed by atoms with Crippen LogP contribution in [0.1, 0.15) is 53.4 Å². The third-order valence-corrected chi connectivity index (χ3v) is 2.96. The van der Waals surface area contributed by atoms with E-state index in [1.807, 2.05) is 27.7 Å². The summed E-state index contributed by atoms with van der Waals surface area (Å²) in [5.41, 5.74) is 6.13. The minimum absolute atomic E-state index is 0.127. The van der Waals surface area contributed by atoms with E-state index in [4.69, 9.17) is 24.7 Å². The molecule has 20 heavy (non-hydrogen) atoms. The van der Waals surface area contributed by atoms with Gasteiger partial charge in [-0.25, -0.2) is 0 Å². The van der Waals surface area contributed by atoms with Crippen LogP contribution in [-0.2, 0) is 18.9 Å². The van der Waals surface area contributed by atoms with Crippen LogP contribution in [0, 0.1) is 0 Å². The first kappa shape index (κ1) is 19.8. The van der Waals surface area contributed by atoms with Crippen molar-refractivity contribution in [3.05, 3.63) is 0 Å². The summed E-state index contributed by atoms with van der Waals surface area (Å²) in [5.74, 6) is 0. The van der Waals surface area contributed by atoms with Gasteiger partial charge < -0.3 is 24.7 Å². The quantitative estimate of drug-likeness (QED) is 0.499. The molecular formula is C15H33NO4. The Bertz CT molecular complexity index is 172. The second-order valence-electron chi connectivity index (χ2n) is 4.60. The molecule has 0 heterocycles. The molecule has 0 bridgehead atoms. The Hall–Kier alpha value is -0.200. The van der Waals surface area contributed by atoms with E-state index in [1.54, 1.807) is 0 Å². The highest BCUT2D eigenvalue weighted by molar-refractivity contribution is 4.64. The zero-order valence-electron chi connectivity index (χ0n) is 13.6. The van der Waals surface area contributed by atoms with Crippen LogP contribution in [0.3, 0.4) is 0 Å². The monoisotopic (exact) mass is 291 g/mol. The molecule has 0 aromatic rings. The summed E-state index contributed by atoms with van der Waals surface area (Å²) in [7, 11) is 0. The first-order valence-electron chi connectivity index (χ1n) is 7.89. The van der Waals surface area contributed by atoms with Crippen molar-refractivity contribution in [1.29, 1.82) is 0 Å². The molecular weight excluding hydrogens is 258 g/mol. The number of rotatable bonds is 14. The second-order valence-corrected chi connectivity index (χ2v) is 4.60. The molecule has 0 aliphatic rings. The van der Waals surface area contributed by atoms with Gasteiger partial charge in [-0.3, -0.25) is 0 Å². The molecule has 0 saturated heterocycles. The average molecular weight is 291 g/mol. The Morgan fingerprint density at radius 2 is 0.900 bits per heavy atom. The highest BCUT2D eigenvalue weighted by Crippen LogP contribution is 2.12. The molecule has 0 spiro atoms. The maximum Gasteiger partial charge on any atom is 0.157 e. The zero-order chi connectivity index (χ0) is 15.2. The Morgan fingerprint density at radius 1 is 0.600 bits per heavy atom. The van der Waals surface area contributed by atoms with Crippen LogP contribution in [0.25, 0.3) is 0 Å². The fourth-order valence-electron chi connectivity index (χ4n) is 2.02. The lowest BCUT2D eigenvalue weighted by Crippen LogP contribution is -2.27. The van der Waals surface area contributed by atoms with Gasteiger partial charge in [0.25, 0.3) is 0 Å². The second kappa shape index (κ2) is 13.8. The average Bonchev–Trinajstić information content (AvgIpc) is 2.43. The minimum Gasteiger partial charge on any atom is -0.353 e. The lowest BCUT2D eigenvalue weighted by atomic mass is 10.1. The van der Waals surface area contributed by atoms with Crippen molar-refractivity contribution in [3.63, 3.8) is 0 Å². The van der Waals surface area contributed by atoms with Gasteiger partial charge in [-0.2, -0.15) is 0 Å². The van der Waals surface area contributed by atoms with E-state index in [0.717, 1.165) is 25.7 Å². The van der Waals surface area contributed by atoms with Gasteiger partial charge in [0.1, 0.15) is 0 Å². The van der Waals surface area contributed by atoms with Gasteiger partial charge in [-0.05, 0) is 53.4 Å². The van der Waals surface area contributed by atoms with Crippen molar-refractivity contribution in [2.24, 2.45) is 5.73 Å². The predicted molar refractivity (Wildman–Crippen MR) is 80.5 cm³/mol. The SMILES string of the molecule is CCOC(CCC(N)CCC(OCC)OCC)OCC. The summed E-state index contributed by atoms with van der Waals surface area (Å²) in [6, 6.07) is 0.127. The molecule has 0 aromatic heterocycles. The highest BCUT2D eigenvalue weighted by atomic mass is 16.7. The first-order valence-corrected chi connectivity index (χ1v) is 7.89. The van der Waals surface area contributed by atoms with Crippen molar-refractivity contribution < 1.29 is 18.9 Å². The molecule has 0 aliphatic heterocycles. The van der Waals surface area contributed by atoms with Crippen molar-refractivity contribution in [1.82, 2.24) is 0 Å². The van der Waals surface area contributed by atoms with Crippen LogP contribution in [0.15, 0.2) is 0 Å². The zero-order valence-corrected chi connectivity index (χ0v) is 13.6. The molecule has 0 aliphatic carbocycles. The van der Waals surface area contributed by atoms with Crippen molar-refractivity contribution >= 4 is 0 Å². The van der Waals surface area contributed by atoms with Crippen molar-refractivity contribution in [2.45, 2.75) is 72.0 Å². The number of hydrogen-bond acceptors (Lipinski definition) is 5. The van der Waals surface area contributed by atoms with E-state index < -0.39 is 0 Å². The van der Waals surface area contributed by atoms with Gasteiger partial charge in [0, 0.05) is 32.5 Å². The summed E-state index contributed by atoms with van der Waals surface area (Å²) < 4.78 is 22.0. The highest BCUT2D eigenvalue weighted by Gasteiger charge is 2.14. The summed E-state index contributed by atoms with van der Waals surface area (Å²) in [5, 5.41) is 0. The van der Waals surface area contributed by atoms with Gasteiger partial charge in [0.2, 0.25) is 0 Å². The number of nitrogens with two attached hydrogens (primary N) is 1. The number of hydrogen-bond donors (Lipinski definition) is 1. The van der Waals surface area contributed by atoms with Gasteiger partial charge in [0.05, 0.1) is 0 Å². The summed E-state index contributed by atoms with van der Waals surface area (Å²) in [6.45, 7) is 10.5. The van der Waals surface area contributed by atoms with Gasteiger partial charge in [-0.15, -0.1) is 0 Å². The fraction of sp³-hybridized carbons (Fsp3) is 1.00. The standard InChI is InChI=1S/C15H33NO4/c1-5-17-14(18-6-2)11-9-13(16)10-12-15(19-7-3)20-8-4/h13-15H,5-12,16H2,1-4H3. The maximum absolute atomic E-state index is 6.13. The van der Waals surface area contributed by atoms with Crippen molar-refractivity contribution in [3.8, 4) is 0 Å². The molecule has 0 fully saturated rings. The van der Waals surface area contributed by atoms with E-state index in [2.05, 4.69) is 0 Å². The molecule has 5 heteroatoms. The molecule has 0 aromatic carbocycles. The van der Waals surface area contributed by atoms with Crippen LogP contribution in [0.5, 0.6) is 0 Å². The lowest BCUT2D eigenvalue weighted by Gasteiger charge is -2.21. The lowest BCUT2D eigenvalue weighted by molar-refractivity contribution is -0.144. The smallest absolute Gasteiger partial charge is 0.157 e. The molecule has 5 nitrogen and oxygen atoms in total. The molecule has 0 atom stereocenters. The number of ether oxygens (including phenoxy) is 4. The Morgan fingerprint density at radius 3 is 1.15 bits per heavy atom. The predicted octanol–water partition coefficient (Wildman–Crippen LogP) is 2.67. The molecule has 0 saturated carbocycles. The molecule has 0 rings (SSSR count). The largest absolute Gasteiger partial charge is 0.353 e. The normalized spacial score (nSPS) is 12.0. The minimum atomic E-state index is -0.134. The van der Waals surface area contributed by atoms with Crippen LogP contribution in [0.2, 0.25) is 0 Å². The molecule has 0 amide bonds. The molecule has 122 valence electrons. The Kier molecular flexibility index (Phi) is 13.6. The van der Waals surface area contributed by atoms with Crippen LogP contribution >= 0.6 is 0 Å². The Labute approximate surface area is 124 Å². The molecule has 0 radical (unpaired) electrons. The van der Waals surface area contributed by atoms with Crippen LogP contribution in [-0.4, -0.2) is 45.0 Å². The van der Waals surface area contributed by atoms with Gasteiger partial charge >= 0.3 is 0 Å². The maximum atomic E-state index is 6.13. The van der Waals surface area contributed by atoms with E-state index in [1.165, 1.54) is 0 Å². The third-order valence-electron chi connectivity index (χ3n) is 2.96. The molecule has 0 unspecified atom stereocenters. The van der Waals surface area contributed by atoms with E-state index in [-0.39, 0.29) is 18.6 Å². The topological polar surface area (TPSA) is 62.9 Å². The fourth-order valence-corrected chi connectivity index (χ4v) is 2.02. The summed E-state index contributed by atoms with van der Waals surface area (Å²) >= 11 is 0. The van der Waals surface area contributed by atoms with Crippen LogP contribution < -0.4 is 5.73 Å². The summed E-state index contributed by atoms with van der Waals surface area (Å²) in [4.78, 5) is 0. The Balaban J connectivity index is 3.86. The van der Waals surface area contributed by atoms with Crippen molar-refractivity contribution in [2.75, 3.05) is 26.4 Å². The van der Waals surface area contributed by atoms with E-state index in [0.29, 0.717) is 26.4 Å². The van der Waals surface area contributed by atoms with Gasteiger partial charge in [-0.1, -0.05) is 0 Å². The third kappa shape index (κ3) is 10.6.